The molecule has 162 valence electrons. The second-order valence-electron chi connectivity index (χ2n) is 7.20. The first-order valence-corrected chi connectivity index (χ1v) is 10.9. The number of esters is 1. The van der Waals surface area contributed by atoms with Crippen LogP contribution in [0.4, 0.5) is 0 Å². The van der Waals surface area contributed by atoms with Gasteiger partial charge in [-0.05, 0) is 43.2 Å². The molecule has 1 fully saturated rings. The molecule has 2 aliphatic rings. The van der Waals surface area contributed by atoms with E-state index in [1.807, 2.05) is 11.8 Å². The number of fused-ring (bicyclic) bond motifs is 1. The lowest BCUT2D eigenvalue weighted by Gasteiger charge is -2.33. The van der Waals surface area contributed by atoms with Crippen LogP contribution in [0.3, 0.4) is 0 Å². The van der Waals surface area contributed by atoms with Gasteiger partial charge < -0.3 is 19.9 Å². The van der Waals surface area contributed by atoms with Crippen LogP contribution in [-0.4, -0.2) is 67.5 Å². The zero-order valence-corrected chi connectivity index (χ0v) is 20.3. The van der Waals surface area contributed by atoms with Gasteiger partial charge in [-0.3, -0.25) is 14.6 Å². The van der Waals surface area contributed by atoms with Gasteiger partial charge >= 0.3 is 5.97 Å². The van der Waals surface area contributed by atoms with Crippen molar-refractivity contribution in [3.63, 3.8) is 0 Å². The number of carbonyl (C=O) groups excluding carboxylic acids is 2. The van der Waals surface area contributed by atoms with Gasteiger partial charge in [-0.1, -0.05) is 0 Å². The number of thiophene rings is 1. The fourth-order valence-electron chi connectivity index (χ4n) is 3.80. The van der Waals surface area contributed by atoms with Crippen molar-refractivity contribution in [2.24, 2.45) is 10.9 Å². The number of hydrogen-bond acceptors (Lipinski definition) is 5. The number of nitrogens with one attached hydrogen (secondary N) is 1. The number of amides is 1. The number of piperidine rings is 1. The monoisotopic (exact) mass is 534 g/mol. The minimum atomic E-state index is -0.123. The fourth-order valence-corrected chi connectivity index (χ4v) is 4.69. The normalized spacial score (nSPS) is 17.4. The molecule has 0 aromatic carbocycles. The smallest absolute Gasteiger partial charge is 0.308 e. The predicted molar refractivity (Wildman–Crippen MR) is 126 cm³/mol. The highest BCUT2D eigenvalue weighted by Gasteiger charge is 2.27. The third-order valence-corrected chi connectivity index (χ3v) is 6.43. The molecular weight excluding hydrogens is 503 g/mol. The van der Waals surface area contributed by atoms with Gasteiger partial charge in [-0.2, -0.15) is 0 Å². The summed E-state index contributed by atoms with van der Waals surface area (Å²) in [6.07, 6.45) is 2.92. The van der Waals surface area contributed by atoms with Gasteiger partial charge in [0.15, 0.2) is 5.96 Å². The SMILES string of the molecule is CCNC(=NCCC(=O)N1CCc2sccc2C1)N1CCC(C(=O)OC)CC1.I. The van der Waals surface area contributed by atoms with Crippen LogP contribution in [0.5, 0.6) is 0 Å². The predicted octanol–water partition coefficient (Wildman–Crippen LogP) is 2.49. The van der Waals surface area contributed by atoms with E-state index >= 15 is 0 Å². The summed E-state index contributed by atoms with van der Waals surface area (Å²) in [5, 5.41) is 5.42. The molecule has 0 spiro atoms. The lowest BCUT2D eigenvalue weighted by atomic mass is 9.97. The minimum absolute atomic E-state index is 0. The Morgan fingerprint density at radius 3 is 2.72 bits per heavy atom. The van der Waals surface area contributed by atoms with Crippen molar-refractivity contribution in [1.29, 1.82) is 0 Å². The second-order valence-corrected chi connectivity index (χ2v) is 8.21. The van der Waals surface area contributed by atoms with E-state index in [-0.39, 0.29) is 41.8 Å². The Morgan fingerprint density at radius 1 is 1.28 bits per heavy atom. The molecule has 0 aliphatic carbocycles. The van der Waals surface area contributed by atoms with E-state index in [0.717, 1.165) is 57.9 Å². The van der Waals surface area contributed by atoms with Gasteiger partial charge in [0.05, 0.1) is 19.6 Å². The number of likely N-dealkylation sites (tertiary alicyclic amines) is 1. The Kier molecular flexibility index (Phi) is 9.67. The molecule has 1 N–H and O–H groups in total. The van der Waals surface area contributed by atoms with Crippen LogP contribution in [0.25, 0.3) is 0 Å². The number of halogens is 1. The largest absolute Gasteiger partial charge is 0.469 e. The van der Waals surface area contributed by atoms with Crippen LogP contribution < -0.4 is 5.32 Å². The molecule has 1 amide bonds. The van der Waals surface area contributed by atoms with Crippen molar-refractivity contribution in [1.82, 2.24) is 15.1 Å². The van der Waals surface area contributed by atoms with Crippen molar-refractivity contribution in [3.8, 4) is 0 Å². The summed E-state index contributed by atoms with van der Waals surface area (Å²) < 4.78 is 4.85. The van der Waals surface area contributed by atoms with Crippen LogP contribution in [0.15, 0.2) is 16.4 Å². The van der Waals surface area contributed by atoms with Gasteiger partial charge in [-0.25, -0.2) is 0 Å². The van der Waals surface area contributed by atoms with Crippen molar-refractivity contribution in [3.05, 3.63) is 21.9 Å². The zero-order chi connectivity index (χ0) is 19.9. The number of aliphatic imine (C=N–C) groups is 1. The van der Waals surface area contributed by atoms with Crippen LogP contribution in [-0.2, 0) is 27.3 Å². The summed E-state index contributed by atoms with van der Waals surface area (Å²) in [6, 6.07) is 2.12. The lowest BCUT2D eigenvalue weighted by Crippen LogP contribution is -2.46. The van der Waals surface area contributed by atoms with Crippen LogP contribution in [0.1, 0.15) is 36.6 Å². The Balaban J connectivity index is 0.00000300. The molecule has 9 heteroatoms. The van der Waals surface area contributed by atoms with Crippen molar-refractivity contribution in [2.75, 3.05) is 39.8 Å². The van der Waals surface area contributed by atoms with E-state index in [9.17, 15) is 9.59 Å². The Labute approximate surface area is 193 Å². The first kappa shape index (κ1) is 23.9. The van der Waals surface area contributed by atoms with Gasteiger partial charge in [-0.15, -0.1) is 35.3 Å². The van der Waals surface area contributed by atoms with Crippen LogP contribution >= 0.6 is 35.3 Å². The molecule has 1 saturated heterocycles. The number of methoxy groups -OCH3 is 1. The van der Waals surface area contributed by atoms with Crippen LogP contribution in [0, 0.1) is 5.92 Å². The molecule has 1 aromatic heterocycles. The standard InChI is InChI=1S/C20H30N4O3S.HI/c1-3-21-20(23-10-5-15(6-11-23)19(26)27-2)22-9-4-18(25)24-12-7-17-16(14-24)8-13-28-17;/h8,13,15H,3-7,9-12,14H2,1-2H3,(H,21,22);1H. The summed E-state index contributed by atoms with van der Waals surface area (Å²) in [4.78, 5) is 34.5. The Morgan fingerprint density at radius 2 is 2.03 bits per heavy atom. The zero-order valence-electron chi connectivity index (χ0n) is 17.2. The fraction of sp³-hybridized carbons (Fsp3) is 0.650. The third-order valence-electron chi connectivity index (χ3n) is 5.41. The van der Waals surface area contributed by atoms with Crippen molar-refractivity contribution in [2.45, 2.75) is 39.2 Å². The van der Waals surface area contributed by atoms with Gasteiger partial charge in [0.25, 0.3) is 0 Å². The number of hydrogen-bond donors (Lipinski definition) is 1. The molecule has 0 unspecified atom stereocenters. The van der Waals surface area contributed by atoms with E-state index in [1.165, 1.54) is 17.6 Å². The number of rotatable bonds is 5. The maximum Gasteiger partial charge on any atom is 0.308 e. The quantitative estimate of drug-likeness (QED) is 0.272. The molecule has 0 atom stereocenters. The molecular formula is C20H31IN4O3S. The topological polar surface area (TPSA) is 74.2 Å². The molecule has 0 saturated carbocycles. The van der Waals surface area contributed by atoms with E-state index in [2.05, 4.69) is 26.7 Å². The maximum absolute atomic E-state index is 12.6. The molecule has 0 bridgehead atoms. The lowest BCUT2D eigenvalue weighted by molar-refractivity contribution is -0.146. The third kappa shape index (κ3) is 6.31. The van der Waals surface area contributed by atoms with E-state index in [0.29, 0.717) is 13.0 Å². The van der Waals surface area contributed by atoms with E-state index in [4.69, 9.17) is 4.74 Å². The van der Waals surface area contributed by atoms with E-state index in [1.54, 1.807) is 11.3 Å². The van der Waals surface area contributed by atoms with Crippen LogP contribution in [0.2, 0.25) is 0 Å². The highest BCUT2D eigenvalue weighted by Crippen LogP contribution is 2.24. The minimum Gasteiger partial charge on any atom is -0.469 e. The Bertz CT molecular complexity index is 716. The highest BCUT2D eigenvalue weighted by molar-refractivity contribution is 14.0. The van der Waals surface area contributed by atoms with Gasteiger partial charge in [0.2, 0.25) is 5.91 Å². The van der Waals surface area contributed by atoms with E-state index < -0.39 is 0 Å². The summed E-state index contributed by atoms with van der Waals surface area (Å²) in [6.45, 7) is 6.36. The molecule has 3 rings (SSSR count). The van der Waals surface area contributed by atoms with Gasteiger partial charge in [0.1, 0.15) is 0 Å². The first-order chi connectivity index (χ1) is 13.6. The summed E-state index contributed by atoms with van der Waals surface area (Å²) in [5.74, 6) is 0.854. The van der Waals surface area contributed by atoms with Crippen molar-refractivity contribution < 1.29 is 14.3 Å². The summed E-state index contributed by atoms with van der Waals surface area (Å²) >= 11 is 1.78. The maximum atomic E-state index is 12.6. The molecule has 2 aliphatic heterocycles. The Hall–Kier alpha value is -1.36. The average molecular weight is 534 g/mol. The molecule has 3 heterocycles. The highest BCUT2D eigenvalue weighted by atomic mass is 127. The van der Waals surface area contributed by atoms with Crippen molar-refractivity contribution >= 4 is 53.1 Å². The second kappa shape index (κ2) is 11.7. The number of ether oxygens (including phenoxy) is 1. The summed E-state index contributed by atoms with van der Waals surface area (Å²) in [5.41, 5.74) is 1.29. The molecule has 29 heavy (non-hydrogen) atoms. The molecule has 1 aromatic rings. The first-order valence-electron chi connectivity index (χ1n) is 10.1. The average Bonchev–Trinajstić information content (AvgIpc) is 3.20. The van der Waals surface area contributed by atoms with Gasteiger partial charge in [0, 0.05) is 44.0 Å². The number of nitrogens with zero attached hydrogens (tertiary/aromatic N) is 3. The molecule has 7 nitrogen and oxygen atoms in total. The molecule has 0 radical (unpaired) electrons. The number of carbonyl (C=O) groups is 2. The summed E-state index contributed by atoms with van der Waals surface area (Å²) in [7, 11) is 1.44. The number of guanidine groups is 1.